The van der Waals surface area contributed by atoms with Gasteiger partial charge in [-0.3, -0.25) is 19.2 Å². The van der Waals surface area contributed by atoms with Crippen molar-refractivity contribution in [2.24, 2.45) is 7.05 Å². The standard InChI is InChI=1S/C29H34N4O4/c1-19-10-9-13-22(16-19)33(29(35)26-18-36-24-14-7-8-15-25(24)37-26)27(23-17-32(3)31-20(23)2)28(34)30-21-11-5-4-6-12-21/h7-10,13-17,21,26-27H,4-6,11-12,18H2,1-3H3,(H,30,34)/t26-,27-/m1/s1. The third-order valence-electron chi connectivity index (χ3n) is 7.11. The van der Waals surface area contributed by atoms with Crippen molar-refractivity contribution >= 4 is 17.5 Å². The first-order valence-electron chi connectivity index (χ1n) is 13.0. The molecule has 2 aliphatic rings. The number of amides is 2. The Morgan fingerprint density at radius 2 is 1.81 bits per heavy atom. The molecule has 0 bridgehead atoms. The van der Waals surface area contributed by atoms with Crippen molar-refractivity contribution in [1.29, 1.82) is 0 Å². The van der Waals surface area contributed by atoms with Crippen LogP contribution in [0.4, 0.5) is 5.69 Å². The van der Waals surface area contributed by atoms with Crippen molar-refractivity contribution in [3.8, 4) is 11.5 Å². The topological polar surface area (TPSA) is 85.7 Å². The second-order valence-corrected chi connectivity index (χ2v) is 10.0. The average molecular weight is 503 g/mol. The van der Waals surface area contributed by atoms with Gasteiger partial charge in [-0.1, -0.05) is 43.5 Å². The number of fused-ring (bicyclic) bond motifs is 1. The van der Waals surface area contributed by atoms with E-state index in [1.54, 1.807) is 15.6 Å². The molecule has 0 unspecified atom stereocenters. The van der Waals surface area contributed by atoms with Crippen molar-refractivity contribution in [3.05, 3.63) is 71.5 Å². The molecule has 0 radical (unpaired) electrons. The van der Waals surface area contributed by atoms with Crippen LogP contribution in [0.1, 0.15) is 55.0 Å². The number of carbonyl (C=O) groups excluding carboxylic acids is 2. The summed E-state index contributed by atoms with van der Waals surface area (Å²) in [5, 5.41) is 7.75. The molecular formula is C29H34N4O4. The number of nitrogens with zero attached hydrogens (tertiary/aromatic N) is 3. The molecule has 3 aromatic rings. The van der Waals surface area contributed by atoms with Gasteiger partial charge in [-0.05, 0) is 56.5 Å². The Balaban J connectivity index is 1.56. The molecule has 0 saturated heterocycles. The Hall–Kier alpha value is -3.81. The minimum atomic E-state index is -0.911. The van der Waals surface area contributed by atoms with E-state index in [9.17, 15) is 9.59 Å². The maximum atomic E-state index is 14.3. The molecule has 8 nitrogen and oxygen atoms in total. The van der Waals surface area contributed by atoms with Crippen molar-refractivity contribution in [1.82, 2.24) is 15.1 Å². The zero-order valence-electron chi connectivity index (χ0n) is 21.6. The van der Waals surface area contributed by atoms with E-state index in [-0.39, 0.29) is 24.5 Å². The van der Waals surface area contributed by atoms with E-state index in [4.69, 9.17) is 9.47 Å². The van der Waals surface area contributed by atoms with E-state index >= 15 is 0 Å². The summed E-state index contributed by atoms with van der Waals surface area (Å²) in [5.74, 6) is 0.558. The van der Waals surface area contributed by atoms with Gasteiger partial charge in [-0.25, -0.2) is 0 Å². The van der Waals surface area contributed by atoms with E-state index in [0.717, 1.165) is 31.2 Å². The summed E-state index contributed by atoms with van der Waals surface area (Å²) in [7, 11) is 1.82. The number of nitrogens with one attached hydrogen (secondary N) is 1. The Morgan fingerprint density at radius 3 is 2.51 bits per heavy atom. The third kappa shape index (κ3) is 5.33. The molecule has 1 aliphatic carbocycles. The molecule has 2 heterocycles. The summed E-state index contributed by atoms with van der Waals surface area (Å²) in [4.78, 5) is 29.9. The van der Waals surface area contributed by atoms with Crippen molar-refractivity contribution in [2.75, 3.05) is 11.5 Å². The predicted molar refractivity (Wildman–Crippen MR) is 141 cm³/mol. The SMILES string of the molecule is Cc1cccc(N(C(=O)[C@H]2COc3ccccc3O2)[C@@H](C(=O)NC2CCCCC2)c2cn(C)nc2C)c1. The largest absolute Gasteiger partial charge is 0.485 e. The van der Waals surface area contributed by atoms with Crippen LogP contribution < -0.4 is 19.7 Å². The number of aromatic nitrogens is 2. The number of hydrogen-bond acceptors (Lipinski definition) is 5. The molecule has 8 heteroatoms. The van der Waals surface area contributed by atoms with Crippen LogP contribution in [0.3, 0.4) is 0 Å². The highest BCUT2D eigenvalue weighted by atomic mass is 16.6. The summed E-state index contributed by atoms with van der Waals surface area (Å²) in [5.41, 5.74) is 2.99. The Bertz CT molecular complexity index is 1280. The number of anilines is 1. The van der Waals surface area contributed by atoms with Gasteiger partial charge in [0.05, 0.1) is 5.69 Å². The van der Waals surface area contributed by atoms with E-state index in [2.05, 4.69) is 10.4 Å². The van der Waals surface area contributed by atoms with Crippen molar-refractivity contribution in [3.63, 3.8) is 0 Å². The Labute approximate surface area is 217 Å². The van der Waals surface area contributed by atoms with Crippen LogP contribution in [0, 0.1) is 13.8 Å². The molecule has 0 spiro atoms. The highest BCUT2D eigenvalue weighted by Crippen LogP contribution is 2.35. The molecule has 2 amide bonds. The van der Waals surface area contributed by atoms with Crippen LogP contribution in [-0.2, 0) is 16.6 Å². The third-order valence-corrected chi connectivity index (χ3v) is 7.11. The van der Waals surface area contributed by atoms with Crippen LogP contribution in [0.2, 0.25) is 0 Å². The lowest BCUT2D eigenvalue weighted by molar-refractivity contribution is -0.132. The fraction of sp³-hybridized carbons (Fsp3) is 0.414. The van der Waals surface area contributed by atoms with E-state index in [1.165, 1.54) is 6.42 Å². The second kappa shape index (κ2) is 10.7. The minimum Gasteiger partial charge on any atom is -0.485 e. The first-order chi connectivity index (χ1) is 17.9. The monoisotopic (exact) mass is 502 g/mol. The number of ether oxygens (including phenoxy) is 2. The highest BCUT2D eigenvalue weighted by molar-refractivity contribution is 6.03. The van der Waals surface area contributed by atoms with E-state index in [1.807, 2.05) is 69.6 Å². The number of hydrogen-bond donors (Lipinski definition) is 1. The minimum absolute atomic E-state index is 0.0567. The molecule has 2 aromatic carbocycles. The van der Waals surface area contributed by atoms with Gasteiger partial charge in [0.15, 0.2) is 11.5 Å². The maximum Gasteiger partial charge on any atom is 0.272 e. The average Bonchev–Trinajstić information content (AvgIpc) is 3.24. The molecule has 1 aliphatic heterocycles. The van der Waals surface area contributed by atoms with Crippen molar-refractivity contribution < 1.29 is 19.1 Å². The number of carbonyl (C=O) groups is 2. The summed E-state index contributed by atoms with van der Waals surface area (Å²) in [6, 6.07) is 14.1. The highest BCUT2D eigenvalue weighted by Gasteiger charge is 2.41. The quantitative estimate of drug-likeness (QED) is 0.540. The van der Waals surface area contributed by atoms with Crippen LogP contribution in [0.5, 0.6) is 11.5 Å². The van der Waals surface area contributed by atoms with Crippen LogP contribution >= 0.6 is 0 Å². The zero-order chi connectivity index (χ0) is 25.9. The molecular weight excluding hydrogens is 468 g/mol. The van der Waals surface area contributed by atoms with Gasteiger partial charge in [0.1, 0.15) is 12.6 Å². The van der Waals surface area contributed by atoms with Crippen LogP contribution in [-0.4, -0.2) is 40.3 Å². The lowest BCUT2D eigenvalue weighted by Gasteiger charge is -2.36. The fourth-order valence-corrected chi connectivity index (χ4v) is 5.29. The number of benzene rings is 2. The summed E-state index contributed by atoms with van der Waals surface area (Å²) in [6.45, 7) is 3.89. The lowest BCUT2D eigenvalue weighted by Crippen LogP contribution is -2.52. The van der Waals surface area contributed by atoms with Gasteiger partial charge < -0.3 is 14.8 Å². The van der Waals surface area contributed by atoms with E-state index < -0.39 is 12.1 Å². The van der Waals surface area contributed by atoms with E-state index in [0.29, 0.717) is 28.4 Å². The van der Waals surface area contributed by atoms with Crippen LogP contribution in [0.25, 0.3) is 0 Å². The molecule has 1 aromatic heterocycles. The summed E-state index contributed by atoms with van der Waals surface area (Å²) in [6.07, 6.45) is 6.18. The molecule has 1 N–H and O–H groups in total. The summed E-state index contributed by atoms with van der Waals surface area (Å²) < 4.78 is 13.7. The van der Waals surface area contributed by atoms with Crippen LogP contribution in [0.15, 0.2) is 54.7 Å². The van der Waals surface area contributed by atoms with Gasteiger partial charge in [-0.15, -0.1) is 0 Å². The van der Waals surface area contributed by atoms with Gasteiger partial charge in [0.25, 0.3) is 5.91 Å². The normalized spacial score (nSPS) is 18.2. The number of rotatable bonds is 6. The van der Waals surface area contributed by atoms with Gasteiger partial charge in [0.2, 0.25) is 12.0 Å². The summed E-state index contributed by atoms with van der Waals surface area (Å²) >= 11 is 0. The molecule has 5 rings (SSSR count). The Kier molecular flexibility index (Phi) is 7.17. The molecule has 2 atom stereocenters. The molecule has 194 valence electrons. The molecule has 1 saturated carbocycles. The first-order valence-corrected chi connectivity index (χ1v) is 13.0. The predicted octanol–water partition coefficient (Wildman–Crippen LogP) is 4.40. The first kappa shape index (κ1) is 24.9. The number of aryl methyl sites for hydroxylation is 3. The Morgan fingerprint density at radius 1 is 1.05 bits per heavy atom. The molecule has 1 fully saturated rings. The fourth-order valence-electron chi connectivity index (χ4n) is 5.29. The number of para-hydroxylation sites is 2. The lowest BCUT2D eigenvalue weighted by atomic mass is 9.94. The smallest absolute Gasteiger partial charge is 0.272 e. The van der Waals surface area contributed by atoms with Crippen molar-refractivity contribution in [2.45, 2.75) is 64.1 Å². The van der Waals surface area contributed by atoms with Gasteiger partial charge in [-0.2, -0.15) is 5.10 Å². The zero-order valence-corrected chi connectivity index (χ0v) is 21.6. The second-order valence-electron chi connectivity index (χ2n) is 10.0. The van der Waals surface area contributed by atoms with Gasteiger partial charge in [0, 0.05) is 30.5 Å². The maximum absolute atomic E-state index is 14.3. The van der Waals surface area contributed by atoms with Gasteiger partial charge >= 0.3 is 0 Å². The molecule has 37 heavy (non-hydrogen) atoms.